The third-order valence-electron chi connectivity index (χ3n) is 3.61. The highest BCUT2D eigenvalue weighted by Gasteiger charge is 2.17. The first-order chi connectivity index (χ1) is 9.83. The minimum atomic E-state index is 0.237. The lowest BCUT2D eigenvalue weighted by Crippen LogP contribution is -2.26. The predicted octanol–water partition coefficient (Wildman–Crippen LogP) is 2.53. The van der Waals surface area contributed by atoms with Gasteiger partial charge in [-0.25, -0.2) is 0 Å². The van der Waals surface area contributed by atoms with Crippen molar-refractivity contribution in [3.8, 4) is 11.5 Å². The summed E-state index contributed by atoms with van der Waals surface area (Å²) >= 11 is 0. The van der Waals surface area contributed by atoms with Crippen LogP contribution in [0.1, 0.15) is 31.2 Å². The summed E-state index contributed by atoms with van der Waals surface area (Å²) in [6.07, 6.45) is 5.33. The second kappa shape index (κ2) is 8.12. The molecule has 1 fully saturated rings. The smallest absolute Gasteiger partial charge is 0.161 e. The molecule has 1 aromatic carbocycles. The van der Waals surface area contributed by atoms with Crippen LogP contribution in [0.15, 0.2) is 18.2 Å². The number of hydrogen-bond donors (Lipinski definition) is 1. The number of methoxy groups -OCH3 is 1. The molecule has 0 bridgehead atoms. The highest BCUT2D eigenvalue weighted by molar-refractivity contribution is 5.43. The van der Waals surface area contributed by atoms with Gasteiger partial charge in [0, 0.05) is 12.8 Å². The molecule has 4 heteroatoms. The maximum atomic E-state index is 6.03. The molecule has 1 heterocycles. The van der Waals surface area contributed by atoms with Crippen molar-refractivity contribution in [1.82, 2.24) is 0 Å². The van der Waals surface area contributed by atoms with Crippen molar-refractivity contribution < 1.29 is 14.2 Å². The lowest BCUT2D eigenvalue weighted by atomic mass is 10.1. The minimum Gasteiger partial charge on any atom is -0.493 e. The Morgan fingerprint density at radius 2 is 2.00 bits per heavy atom. The van der Waals surface area contributed by atoms with Gasteiger partial charge < -0.3 is 19.9 Å². The van der Waals surface area contributed by atoms with Crippen molar-refractivity contribution in [3.63, 3.8) is 0 Å². The van der Waals surface area contributed by atoms with Crippen molar-refractivity contribution in [2.45, 2.75) is 38.2 Å². The summed E-state index contributed by atoms with van der Waals surface area (Å²) < 4.78 is 16.8. The molecule has 0 radical (unpaired) electrons. The van der Waals surface area contributed by atoms with Crippen LogP contribution < -0.4 is 15.2 Å². The standard InChI is InChI=1S/C16H25NO3/c1-18-16-12-13(4-2-3-9-17)5-6-15(16)20-14-7-10-19-11-8-14/h5-6,12,14H,2-4,7-11,17H2,1H3. The Morgan fingerprint density at radius 1 is 1.20 bits per heavy atom. The molecule has 0 atom stereocenters. The molecule has 0 aliphatic carbocycles. The Labute approximate surface area is 121 Å². The fraction of sp³-hybridized carbons (Fsp3) is 0.625. The van der Waals surface area contributed by atoms with Gasteiger partial charge >= 0.3 is 0 Å². The molecule has 2 rings (SSSR count). The zero-order valence-corrected chi connectivity index (χ0v) is 12.3. The fourth-order valence-corrected chi connectivity index (χ4v) is 2.41. The van der Waals surface area contributed by atoms with Gasteiger partial charge in [0.1, 0.15) is 6.10 Å². The Hall–Kier alpha value is -1.26. The van der Waals surface area contributed by atoms with E-state index in [2.05, 4.69) is 12.1 Å². The SMILES string of the molecule is COc1cc(CCCCN)ccc1OC1CCOCC1. The lowest BCUT2D eigenvalue weighted by Gasteiger charge is -2.24. The summed E-state index contributed by atoms with van der Waals surface area (Å²) in [6.45, 7) is 2.32. The van der Waals surface area contributed by atoms with E-state index in [-0.39, 0.29) is 6.10 Å². The van der Waals surface area contributed by atoms with E-state index >= 15 is 0 Å². The van der Waals surface area contributed by atoms with Crippen molar-refractivity contribution in [1.29, 1.82) is 0 Å². The predicted molar refractivity (Wildman–Crippen MR) is 79.5 cm³/mol. The summed E-state index contributed by atoms with van der Waals surface area (Å²) in [5.41, 5.74) is 6.79. The molecular weight excluding hydrogens is 254 g/mol. The van der Waals surface area contributed by atoms with Crippen LogP contribution in [0, 0.1) is 0 Å². The van der Waals surface area contributed by atoms with E-state index in [4.69, 9.17) is 19.9 Å². The summed E-state index contributed by atoms with van der Waals surface area (Å²) in [5.74, 6) is 1.66. The largest absolute Gasteiger partial charge is 0.493 e. The van der Waals surface area contributed by atoms with Crippen LogP contribution in [0.4, 0.5) is 0 Å². The Bertz CT molecular complexity index is 403. The highest BCUT2D eigenvalue weighted by atomic mass is 16.5. The monoisotopic (exact) mass is 279 g/mol. The van der Waals surface area contributed by atoms with Gasteiger partial charge in [0.2, 0.25) is 0 Å². The van der Waals surface area contributed by atoms with E-state index in [0.717, 1.165) is 63.4 Å². The number of unbranched alkanes of at least 4 members (excludes halogenated alkanes) is 1. The van der Waals surface area contributed by atoms with Gasteiger partial charge in [-0.2, -0.15) is 0 Å². The summed E-state index contributed by atoms with van der Waals surface area (Å²) in [6, 6.07) is 6.21. The average molecular weight is 279 g/mol. The Kier molecular flexibility index (Phi) is 6.15. The molecule has 20 heavy (non-hydrogen) atoms. The topological polar surface area (TPSA) is 53.7 Å². The maximum absolute atomic E-state index is 6.03. The van der Waals surface area contributed by atoms with Gasteiger partial charge in [0.25, 0.3) is 0 Å². The third-order valence-corrected chi connectivity index (χ3v) is 3.61. The zero-order valence-electron chi connectivity index (χ0n) is 12.3. The molecule has 0 amide bonds. The summed E-state index contributed by atoms with van der Waals surface area (Å²) in [5, 5.41) is 0. The van der Waals surface area contributed by atoms with Crippen molar-refractivity contribution in [3.05, 3.63) is 23.8 Å². The summed E-state index contributed by atoms with van der Waals surface area (Å²) in [4.78, 5) is 0. The zero-order chi connectivity index (χ0) is 14.2. The molecule has 1 aliphatic rings. The quantitative estimate of drug-likeness (QED) is 0.779. The molecular formula is C16H25NO3. The van der Waals surface area contributed by atoms with Crippen LogP contribution in [-0.2, 0) is 11.2 Å². The third kappa shape index (κ3) is 4.39. The molecule has 1 aromatic rings. The first kappa shape index (κ1) is 15.1. The van der Waals surface area contributed by atoms with Gasteiger partial charge in [-0.15, -0.1) is 0 Å². The van der Waals surface area contributed by atoms with Crippen LogP contribution in [0.2, 0.25) is 0 Å². The lowest BCUT2D eigenvalue weighted by molar-refractivity contribution is 0.0245. The van der Waals surface area contributed by atoms with Crippen LogP contribution >= 0.6 is 0 Å². The molecule has 0 aromatic heterocycles. The number of nitrogens with two attached hydrogens (primary N) is 1. The van der Waals surface area contributed by atoms with Gasteiger partial charge in [-0.3, -0.25) is 0 Å². The van der Waals surface area contributed by atoms with Gasteiger partial charge in [-0.1, -0.05) is 6.07 Å². The molecule has 0 unspecified atom stereocenters. The number of rotatable bonds is 7. The molecule has 0 spiro atoms. The van der Waals surface area contributed by atoms with Gasteiger partial charge in [0.15, 0.2) is 11.5 Å². The van der Waals surface area contributed by atoms with E-state index in [0.29, 0.717) is 0 Å². The number of aryl methyl sites for hydroxylation is 1. The maximum Gasteiger partial charge on any atom is 0.161 e. The molecule has 1 saturated heterocycles. The second-order valence-electron chi connectivity index (χ2n) is 5.16. The number of hydrogen-bond acceptors (Lipinski definition) is 4. The molecule has 1 aliphatic heterocycles. The summed E-state index contributed by atoms with van der Waals surface area (Å²) in [7, 11) is 1.69. The minimum absolute atomic E-state index is 0.237. The van der Waals surface area contributed by atoms with Crippen molar-refractivity contribution in [2.75, 3.05) is 26.9 Å². The molecule has 0 saturated carbocycles. The van der Waals surface area contributed by atoms with Crippen molar-refractivity contribution in [2.24, 2.45) is 5.73 Å². The van der Waals surface area contributed by atoms with Crippen LogP contribution in [0.3, 0.4) is 0 Å². The Balaban J connectivity index is 1.97. The van der Waals surface area contributed by atoms with E-state index < -0.39 is 0 Å². The van der Waals surface area contributed by atoms with Crippen LogP contribution in [0.5, 0.6) is 11.5 Å². The van der Waals surface area contributed by atoms with E-state index in [1.807, 2.05) is 6.07 Å². The number of benzene rings is 1. The van der Waals surface area contributed by atoms with Crippen molar-refractivity contribution >= 4 is 0 Å². The van der Waals surface area contributed by atoms with Crippen LogP contribution in [-0.4, -0.2) is 33.0 Å². The van der Waals surface area contributed by atoms with Crippen LogP contribution in [0.25, 0.3) is 0 Å². The van der Waals surface area contributed by atoms with E-state index in [1.54, 1.807) is 7.11 Å². The van der Waals surface area contributed by atoms with Gasteiger partial charge in [-0.05, 0) is 43.5 Å². The molecule has 2 N–H and O–H groups in total. The second-order valence-corrected chi connectivity index (χ2v) is 5.16. The normalized spacial score (nSPS) is 16.1. The molecule has 112 valence electrons. The average Bonchev–Trinajstić information content (AvgIpc) is 2.50. The first-order valence-electron chi connectivity index (χ1n) is 7.45. The van der Waals surface area contributed by atoms with Gasteiger partial charge in [0.05, 0.1) is 20.3 Å². The fourth-order valence-electron chi connectivity index (χ4n) is 2.41. The Morgan fingerprint density at radius 3 is 2.70 bits per heavy atom. The first-order valence-corrected chi connectivity index (χ1v) is 7.45. The van der Waals surface area contributed by atoms with E-state index in [9.17, 15) is 0 Å². The molecule has 4 nitrogen and oxygen atoms in total. The number of ether oxygens (including phenoxy) is 3. The highest BCUT2D eigenvalue weighted by Crippen LogP contribution is 2.30. The van der Waals surface area contributed by atoms with E-state index in [1.165, 1.54) is 5.56 Å².